The number of carbonyl (C=O) groups excluding carboxylic acids is 4. The molecule has 3 aliphatic heterocycles. The normalized spacial score (nSPS) is 13.2. The maximum absolute atomic E-state index is 13.9. The smallest absolute Gasteiger partial charge is 0.378 e. The highest BCUT2D eigenvalue weighted by atomic mass is 19.1. The first-order valence-corrected chi connectivity index (χ1v) is 38.0. The molecule has 1 atom stereocenters. The van der Waals surface area contributed by atoms with E-state index in [1.165, 1.54) is 66.7 Å². The number of aryl methyl sites for hydroxylation is 6. The predicted octanol–water partition coefficient (Wildman–Crippen LogP) is 9.30. The molecule has 1 fully saturated rings. The van der Waals surface area contributed by atoms with Crippen molar-refractivity contribution in [1.29, 1.82) is 10.7 Å². The molecule has 1 amide bonds. The van der Waals surface area contributed by atoms with Crippen LogP contribution in [0.3, 0.4) is 0 Å². The van der Waals surface area contributed by atoms with Gasteiger partial charge in [-0.2, -0.15) is 10.4 Å². The fourth-order valence-corrected chi connectivity index (χ4v) is 11.7. The summed E-state index contributed by atoms with van der Waals surface area (Å²) in [7, 11) is 0. The highest BCUT2D eigenvalue weighted by Crippen LogP contribution is 2.38. The number of esters is 2. The number of benzene rings is 6. The second kappa shape index (κ2) is 42.5. The lowest BCUT2D eigenvalue weighted by molar-refractivity contribution is -0.135. The first-order valence-electron chi connectivity index (χ1n) is 38.0. The number of aliphatic imine (C=N–C) groups is 3. The number of rotatable bonds is 20. The minimum Gasteiger partial charge on any atom is -0.475 e. The molecular formula is C83H87F6N27O8. The molecule has 35 nitrogen and oxygen atoms in total. The maximum atomic E-state index is 13.9. The third kappa shape index (κ3) is 24.7. The van der Waals surface area contributed by atoms with Gasteiger partial charge in [0.25, 0.3) is 17.5 Å². The first-order chi connectivity index (χ1) is 59.0. The number of hydrogen-bond acceptors (Lipinski definition) is 26. The molecule has 1 unspecified atom stereocenters. The van der Waals surface area contributed by atoms with Crippen LogP contribution in [0.2, 0.25) is 0 Å². The SMILES string of the molecule is CC(=O)c1nc(C)nn1Cc1ccccc1F.CCOC(=O)C1=NCC(C)=N1.CCOC(=O)c1nc(C)n(Cc2ccccc2F)n1.Cc1nc(C#N)nn1Cc1ccccc1F.Cc1nc(C(=N)N)nn1Cc1ccccc1F.Cc1nc(C(=O)O)nn1Cc1ccccc1F.Cc1nc(C2=NC3NC(=O)C(C)(C)C3=C(N)N2)nn1Cc1ccccc1F. The predicted molar refractivity (Wildman–Crippen MR) is 439 cm³/mol. The summed E-state index contributed by atoms with van der Waals surface area (Å²) in [6.07, 6.45) is -0.539. The number of nitrogen functional groups attached to an aromatic ring is 1. The molecule has 6 aromatic heterocycles. The second-order valence-corrected chi connectivity index (χ2v) is 27.6. The summed E-state index contributed by atoms with van der Waals surface area (Å²) in [5.41, 5.74) is 15.3. The average Bonchev–Trinajstić information content (AvgIpc) is 1.60. The van der Waals surface area contributed by atoms with Crippen LogP contribution in [0.25, 0.3) is 0 Å². The van der Waals surface area contributed by atoms with E-state index in [1.807, 2.05) is 13.0 Å². The van der Waals surface area contributed by atoms with Gasteiger partial charge in [0.05, 0.1) is 64.4 Å². The number of carboxylic acids is 1. The standard InChI is InChI=1S/C18H20FN7O.C13H14FN3O2.C12H12FN3O.C11H12FN5.C11H9FN4.C11H10FN3O2.C7H10N2O2/c1-9-21-16(25-26(9)8-10-6-4-5-7-11(10)19)15-22-13(20)12-14(23-15)24-17(27)18(12,2)3;1-3-19-13(18)12-15-9(2)17(16-12)8-10-6-4-5-7-11(10)14;1-8(17)12-14-9(2)15-16(12)7-10-5-3-4-6-11(10)13;1-7-15-11(10(13)14)16-17(7)6-8-4-2-3-5-9(8)12;1-8-14-11(6-13)15-16(8)7-9-4-2-3-5-10(9)12;1-7-13-10(11(16)17)14-15(7)6-8-4-2-3-5-9(8)12;1-3-11-7(10)6-8-4-5(2)9-6/h4-7,14H,8,20H2,1-3H3,(H,22,23)(H,24,27);4-7H,3,8H2,1-2H3;3-6H,7H2,1-2H3;2-5H,6H2,1H3,(H3,13,14);2-5H,7H2,1H3;2-5H,6H2,1H3,(H,16,17);3-4H2,1-2H3. The van der Waals surface area contributed by atoms with E-state index < -0.39 is 29.5 Å². The number of amidine groups is 3. The van der Waals surface area contributed by atoms with Crippen LogP contribution in [0.4, 0.5) is 26.3 Å². The Labute approximate surface area is 705 Å². The minimum atomic E-state index is -1.19. The Morgan fingerprint density at radius 3 is 1.27 bits per heavy atom. The summed E-state index contributed by atoms with van der Waals surface area (Å²) in [5.74, 6) is 0.273. The zero-order chi connectivity index (χ0) is 90.2. The van der Waals surface area contributed by atoms with Crippen molar-refractivity contribution in [2.24, 2.45) is 31.9 Å². The van der Waals surface area contributed by atoms with Crippen molar-refractivity contribution in [3.05, 3.63) is 295 Å². The number of halogens is 6. The summed E-state index contributed by atoms with van der Waals surface area (Å²) in [6, 6.07) is 40.4. The van der Waals surface area contributed by atoms with E-state index in [9.17, 15) is 50.3 Å². The molecule has 12 aromatic rings. The minimum absolute atomic E-state index is 0.00399. The van der Waals surface area contributed by atoms with Crippen molar-refractivity contribution in [2.75, 3.05) is 19.8 Å². The molecule has 0 spiro atoms. The molecule has 9 heterocycles. The molecule has 41 heteroatoms. The van der Waals surface area contributed by atoms with Gasteiger partial charge in [-0.1, -0.05) is 109 Å². The van der Waals surface area contributed by atoms with Crippen LogP contribution in [0.5, 0.6) is 0 Å². The van der Waals surface area contributed by atoms with Crippen molar-refractivity contribution >= 4 is 52.8 Å². The van der Waals surface area contributed by atoms with Gasteiger partial charge in [-0.3, -0.25) is 20.0 Å². The van der Waals surface area contributed by atoms with Crippen LogP contribution < -0.4 is 22.1 Å². The topological polar surface area (TPSA) is 469 Å². The summed E-state index contributed by atoms with van der Waals surface area (Å²) in [4.78, 5) is 93.0. The van der Waals surface area contributed by atoms with E-state index in [0.29, 0.717) is 105 Å². The van der Waals surface area contributed by atoms with Gasteiger partial charge in [0.15, 0.2) is 23.3 Å². The number of Topliss-reactive ketones (excluding diaryl/α,β-unsaturated/α-hetero) is 1. The third-order valence-corrected chi connectivity index (χ3v) is 18.0. The van der Waals surface area contributed by atoms with Gasteiger partial charge in [-0.05, 0) is 113 Å². The number of aromatic carboxylic acids is 1. The quantitative estimate of drug-likeness (QED) is 0.0136. The van der Waals surface area contributed by atoms with Gasteiger partial charge in [-0.25, -0.2) is 109 Å². The van der Waals surface area contributed by atoms with Crippen LogP contribution >= 0.6 is 0 Å². The summed E-state index contributed by atoms with van der Waals surface area (Å²) < 4.78 is 99.5. The second-order valence-electron chi connectivity index (χ2n) is 27.6. The Hall–Kier alpha value is -15.4. The summed E-state index contributed by atoms with van der Waals surface area (Å²) >= 11 is 0. The van der Waals surface area contributed by atoms with Crippen LogP contribution in [0.1, 0.15) is 159 Å². The maximum Gasteiger partial charge on any atom is 0.378 e. The number of nitriles is 1. The van der Waals surface area contributed by atoms with Crippen molar-refractivity contribution in [3.63, 3.8) is 0 Å². The van der Waals surface area contributed by atoms with Crippen LogP contribution in [0, 0.1) is 98.6 Å². The van der Waals surface area contributed by atoms with E-state index >= 15 is 0 Å². The Morgan fingerprint density at radius 1 is 0.532 bits per heavy atom. The molecule has 1 saturated heterocycles. The van der Waals surface area contributed by atoms with Crippen molar-refractivity contribution in [2.45, 2.75) is 129 Å². The van der Waals surface area contributed by atoms with Crippen molar-refractivity contribution in [3.8, 4) is 6.07 Å². The van der Waals surface area contributed by atoms with Gasteiger partial charge in [-0.15, -0.1) is 25.5 Å². The molecule has 0 bridgehead atoms. The number of carbonyl (C=O) groups is 5. The van der Waals surface area contributed by atoms with E-state index in [0.717, 1.165) is 5.71 Å². The molecule has 3 aliphatic rings. The largest absolute Gasteiger partial charge is 0.475 e. The van der Waals surface area contributed by atoms with Gasteiger partial charge >= 0.3 is 17.9 Å². The Morgan fingerprint density at radius 2 is 0.903 bits per heavy atom. The first kappa shape index (κ1) is 92.5. The summed E-state index contributed by atoms with van der Waals surface area (Å²) in [5, 5.41) is 54.7. The molecule has 0 aliphatic carbocycles. The molecule has 124 heavy (non-hydrogen) atoms. The number of nitrogens with two attached hydrogens (primary N) is 2. The fraction of sp³-hybridized carbons (Fsp3) is 0.277. The number of aromatic nitrogens is 18. The number of ether oxygens (including phenoxy) is 2. The number of fused-ring (bicyclic) bond motifs is 1. The lowest BCUT2D eigenvalue weighted by atomic mass is 9.85. The Balaban J connectivity index is 0.000000166. The Bertz CT molecular complexity index is 5970. The number of nitrogens with one attached hydrogen (secondary N) is 3. The van der Waals surface area contributed by atoms with Gasteiger partial charge in [0.2, 0.25) is 23.4 Å². The zero-order valence-electron chi connectivity index (χ0n) is 69.4. The van der Waals surface area contributed by atoms with Gasteiger partial charge in [0, 0.05) is 51.6 Å². The molecule has 644 valence electrons. The monoisotopic (exact) mass is 1700 g/mol. The molecule has 0 saturated carbocycles. The van der Waals surface area contributed by atoms with E-state index in [4.69, 9.17) is 36.7 Å². The zero-order valence-corrected chi connectivity index (χ0v) is 69.4. The highest BCUT2D eigenvalue weighted by molar-refractivity contribution is 6.39. The number of ketones is 1. The number of nitrogens with zero attached hydrogens (tertiary/aromatic N) is 22. The highest BCUT2D eigenvalue weighted by Gasteiger charge is 2.48. The summed E-state index contributed by atoms with van der Waals surface area (Å²) in [6.45, 7) is 23.2. The van der Waals surface area contributed by atoms with E-state index in [2.05, 4.69) is 86.1 Å². The third-order valence-electron chi connectivity index (χ3n) is 18.0. The van der Waals surface area contributed by atoms with Crippen LogP contribution in [-0.4, -0.2) is 172 Å². The number of hydrogen-bond donors (Lipinski definition) is 6. The lowest BCUT2D eigenvalue weighted by Gasteiger charge is -2.24. The van der Waals surface area contributed by atoms with E-state index in [1.54, 1.807) is 183 Å². The lowest BCUT2D eigenvalue weighted by Crippen LogP contribution is -2.40. The molecule has 6 aromatic carbocycles. The van der Waals surface area contributed by atoms with E-state index in [-0.39, 0.29) is 133 Å². The van der Waals surface area contributed by atoms with Crippen molar-refractivity contribution < 1.29 is 64.9 Å². The van der Waals surface area contributed by atoms with Gasteiger partial charge in [0.1, 0.15) is 87.9 Å². The van der Waals surface area contributed by atoms with Crippen LogP contribution in [0.15, 0.2) is 172 Å². The molecular weight excluding hydrogens is 1620 g/mol. The fourth-order valence-electron chi connectivity index (χ4n) is 11.7. The molecule has 0 radical (unpaired) electrons. The number of amides is 1. The average molecular weight is 1700 g/mol. The van der Waals surface area contributed by atoms with Crippen molar-refractivity contribution in [1.82, 2.24) is 99.2 Å². The Kier molecular flexibility index (Phi) is 31.7. The number of carboxylic acid groups (broad SMARTS) is 1. The van der Waals surface area contributed by atoms with Gasteiger partial charge < -0.3 is 36.7 Å². The molecule has 15 rings (SSSR count). The van der Waals surface area contributed by atoms with Crippen LogP contribution in [-0.2, 0) is 58.3 Å². The molecule has 8 N–H and O–H groups in total.